The predicted octanol–water partition coefficient (Wildman–Crippen LogP) is 15.7. The van der Waals surface area contributed by atoms with Gasteiger partial charge in [-0.15, -0.1) is 0 Å². The van der Waals surface area contributed by atoms with E-state index in [1.54, 1.807) is 0 Å². The Kier molecular flexibility index (Phi) is 39.3. The maximum Gasteiger partial charge on any atom is 0.305 e. The standard InChI is InChI=1S/C47H92O4/c1-6-11-15-19-21-27-37-44(35-25-17-13-8-3)41-50-46(48)39-31-23-29-33-43(10-5)34-30-24-32-40-47(49)51-42-45(36-26-18-14-9-4)38-28-22-20-16-12-7-2/h43-45H,6-42H2,1-5H3. The third kappa shape index (κ3) is 35.7. The van der Waals surface area contributed by atoms with Crippen molar-refractivity contribution in [3.05, 3.63) is 0 Å². The van der Waals surface area contributed by atoms with Gasteiger partial charge in [0, 0.05) is 12.8 Å². The molecule has 0 radical (unpaired) electrons. The van der Waals surface area contributed by atoms with E-state index in [0.717, 1.165) is 31.6 Å². The molecule has 0 aliphatic heterocycles. The van der Waals surface area contributed by atoms with Crippen LogP contribution < -0.4 is 0 Å². The predicted molar refractivity (Wildman–Crippen MR) is 222 cm³/mol. The number of carbonyl (C=O) groups excluding carboxylic acids is 2. The zero-order valence-corrected chi connectivity index (χ0v) is 35.5. The molecule has 0 aromatic heterocycles. The van der Waals surface area contributed by atoms with E-state index in [4.69, 9.17) is 9.47 Å². The summed E-state index contributed by atoms with van der Waals surface area (Å²) in [4.78, 5) is 25.1. The van der Waals surface area contributed by atoms with E-state index in [-0.39, 0.29) is 11.9 Å². The van der Waals surface area contributed by atoms with Crippen LogP contribution in [0.5, 0.6) is 0 Å². The highest BCUT2D eigenvalue weighted by molar-refractivity contribution is 5.69. The highest BCUT2D eigenvalue weighted by Gasteiger charge is 2.14. The van der Waals surface area contributed by atoms with Crippen LogP contribution in [0.1, 0.15) is 259 Å². The first-order valence-corrected chi connectivity index (χ1v) is 23.3. The number of esters is 2. The fourth-order valence-corrected chi connectivity index (χ4v) is 7.65. The second kappa shape index (κ2) is 40.1. The van der Waals surface area contributed by atoms with Crippen LogP contribution in [0.4, 0.5) is 0 Å². The van der Waals surface area contributed by atoms with Gasteiger partial charge in [-0.1, -0.05) is 208 Å². The van der Waals surface area contributed by atoms with Gasteiger partial charge >= 0.3 is 11.9 Å². The fourth-order valence-electron chi connectivity index (χ4n) is 7.65. The molecule has 51 heavy (non-hydrogen) atoms. The van der Waals surface area contributed by atoms with Crippen molar-refractivity contribution in [2.75, 3.05) is 13.2 Å². The van der Waals surface area contributed by atoms with Gasteiger partial charge in [0.2, 0.25) is 0 Å². The Bertz CT molecular complexity index is 663. The third-order valence-electron chi connectivity index (χ3n) is 11.4. The first-order valence-electron chi connectivity index (χ1n) is 23.3. The SMILES string of the molecule is CCCCCCCCC(CCCCCC)COC(=O)CCCCCC(CC)CCCCCC(=O)OCC(CCCCCC)CCCCCCCC. The van der Waals surface area contributed by atoms with Crippen molar-refractivity contribution < 1.29 is 19.1 Å². The molecule has 2 atom stereocenters. The van der Waals surface area contributed by atoms with E-state index in [9.17, 15) is 9.59 Å². The van der Waals surface area contributed by atoms with E-state index in [0.29, 0.717) is 37.9 Å². The summed E-state index contributed by atoms with van der Waals surface area (Å²) in [5.41, 5.74) is 0. The lowest BCUT2D eigenvalue weighted by molar-refractivity contribution is -0.146. The van der Waals surface area contributed by atoms with Gasteiger partial charge in [0.25, 0.3) is 0 Å². The van der Waals surface area contributed by atoms with Crippen molar-refractivity contribution in [1.29, 1.82) is 0 Å². The van der Waals surface area contributed by atoms with Crippen LogP contribution in [0.15, 0.2) is 0 Å². The Morgan fingerprint density at radius 1 is 0.333 bits per heavy atom. The van der Waals surface area contributed by atoms with Crippen molar-refractivity contribution in [2.45, 2.75) is 259 Å². The summed E-state index contributed by atoms with van der Waals surface area (Å²) in [6, 6.07) is 0. The molecule has 0 aromatic carbocycles. The van der Waals surface area contributed by atoms with Crippen molar-refractivity contribution in [1.82, 2.24) is 0 Å². The molecule has 0 aromatic rings. The second-order valence-corrected chi connectivity index (χ2v) is 16.4. The van der Waals surface area contributed by atoms with Crippen LogP contribution in [0, 0.1) is 17.8 Å². The third-order valence-corrected chi connectivity index (χ3v) is 11.4. The summed E-state index contributed by atoms with van der Waals surface area (Å²) in [5, 5.41) is 0. The second-order valence-electron chi connectivity index (χ2n) is 16.4. The summed E-state index contributed by atoms with van der Waals surface area (Å²) in [7, 11) is 0. The first kappa shape index (κ1) is 49.9. The fraction of sp³-hybridized carbons (Fsp3) is 0.957. The molecule has 0 spiro atoms. The van der Waals surface area contributed by atoms with E-state index < -0.39 is 0 Å². The van der Waals surface area contributed by atoms with E-state index in [1.807, 2.05) is 0 Å². The topological polar surface area (TPSA) is 52.6 Å². The molecule has 0 saturated heterocycles. The molecule has 0 N–H and O–H groups in total. The lowest BCUT2D eigenvalue weighted by Crippen LogP contribution is -2.14. The molecule has 0 amide bonds. The largest absolute Gasteiger partial charge is 0.465 e. The Morgan fingerprint density at radius 3 is 0.902 bits per heavy atom. The zero-order chi connectivity index (χ0) is 37.5. The van der Waals surface area contributed by atoms with Gasteiger partial charge in [0.05, 0.1) is 13.2 Å². The lowest BCUT2D eigenvalue weighted by Gasteiger charge is -2.17. The Balaban J connectivity index is 4.13. The monoisotopic (exact) mass is 721 g/mol. The van der Waals surface area contributed by atoms with E-state index in [2.05, 4.69) is 34.6 Å². The van der Waals surface area contributed by atoms with Gasteiger partial charge in [-0.05, 0) is 56.3 Å². The highest BCUT2D eigenvalue weighted by atomic mass is 16.5. The minimum atomic E-state index is 0.0161. The maximum atomic E-state index is 12.5. The molecule has 0 heterocycles. The van der Waals surface area contributed by atoms with Gasteiger partial charge in [-0.2, -0.15) is 0 Å². The molecule has 304 valence electrons. The number of unbranched alkanes of at least 4 members (excludes halogenated alkanes) is 20. The first-order chi connectivity index (χ1) is 25.0. The minimum absolute atomic E-state index is 0.0161. The van der Waals surface area contributed by atoms with E-state index >= 15 is 0 Å². The number of hydrogen-bond donors (Lipinski definition) is 0. The van der Waals surface area contributed by atoms with Crippen molar-refractivity contribution in [3.8, 4) is 0 Å². The molecule has 0 rings (SSSR count). The van der Waals surface area contributed by atoms with E-state index in [1.165, 1.54) is 186 Å². The molecule has 0 aliphatic rings. The molecule has 4 nitrogen and oxygen atoms in total. The maximum absolute atomic E-state index is 12.5. The van der Waals surface area contributed by atoms with Crippen molar-refractivity contribution in [2.24, 2.45) is 17.8 Å². The van der Waals surface area contributed by atoms with Crippen LogP contribution in [0.3, 0.4) is 0 Å². The van der Waals surface area contributed by atoms with Gasteiger partial charge in [0.1, 0.15) is 0 Å². The average molecular weight is 721 g/mol. The Hall–Kier alpha value is -1.06. The lowest BCUT2D eigenvalue weighted by atomic mass is 9.92. The zero-order valence-electron chi connectivity index (χ0n) is 35.5. The van der Waals surface area contributed by atoms with Gasteiger partial charge in [-0.25, -0.2) is 0 Å². The quantitative estimate of drug-likeness (QED) is 0.0466. The molecule has 0 aliphatic carbocycles. The smallest absolute Gasteiger partial charge is 0.305 e. The summed E-state index contributed by atoms with van der Waals surface area (Å²) in [6.07, 6.45) is 42.6. The molecule has 0 saturated carbocycles. The molecule has 4 heteroatoms. The highest BCUT2D eigenvalue weighted by Crippen LogP contribution is 2.23. The Morgan fingerprint density at radius 2 is 0.588 bits per heavy atom. The summed E-state index contributed by atoms with van der Waals surface area (Å²) < 4.78 is 11.6. The van der Waals surface area contributed by atoms with Crippen LogP contribution in [0.25, 0.3) is 0 Å². The number of hydrogen-bond acceptors (Lipinski definition) is 4. The van der Waals surface area contributed by atoms with Crippen LogP contribution in [0.2, 0.25) is 0 Å². The number of ether oxygens (including phenoxy) is 2. The molecule has 0 fully saturated rings. The summed E-state index contributed by atoms with van der Waals surface area (Å²) >= 11 is 0. The normalized spacial score (nSPS) is 13.3. The van der Waals surface area contributed by atoms with Crippen LogP contribution in [-0.4, -0.2) is 25.2 Å². The molecule has 0 bridgehead atoms. The minimum Gasteiger partial charge on any atom is -0.465 e. The molecular weight excluding hydrogens is 629 g/mol. The van der Waals surface area contributed by atoms with Gasteiger partial charge in [0.15, 0.2) is 0 Å². The Labute approximate surface area is 320 Å². The van der Waals surface area contributed by atoms with Gasteiger partial charge in [-0.3, -0.25) is 9.59 Å². The van der Waals surface area contributed by atoms with Crippen LogP contribution in [-0.2, 0) is 19.1 Å². The van der Waals surface area contributed by atoms with Crippen LogP contribution >= 0.6 is 0 Å². The molecule has 2 unspecified atom stereocenters. The molecular formula is C47H92O4. The summed E-state index contributed by atoms with van der Waals surface area (Å²) in [6.45, 7) is 12.7. The number of carbonyl (C=O) groups is 2. The number of rotatable bonds is 41. The van der Waals surface area contributed by atoms with Gasteiger partial charge < -0.3 is 9.47 Å². The van der Waals surface area contributed by atoms with Crippen molar-refractivity contribution >= 4 is 11.9 Å². The summed E-state index contributed by atoms with van der Waals surface area (Å²) in [5.74, 6) is 1.88. The average Bonchev–Trinajstić information content (AvgIpc) is 3.13. The van der Waals surface area contributed by atoms with Crippen molar-refractivity contribution in [3.63, 3.8) is 0 Å².